The molecule has 0 saturated heterocycles. The van der Waals surface area contributed by atoms with Gasteiger partial charge in [-0.2, -0.15) is 0 Å². The van der Waals surface area contributed by atoms with E-state index in [2.05, 4.69) is 134 Å². The van der Waals surface area contributed by atoms with Crippen LogP contribution >= 0.6 is 0 Å². The summed E-state index contributed by atoms with van der Waals surface area (Å²) in [7, 11) is 0.524. The number of fused-ring (bicyclic) bond motifs is 11. The van der Waals surface area contributed by atoms with Crippen molar-refractivity contribution in [2.45, 2.75) is 13.1 Å². The molecule has 7 aromatic rings. The largest absolute Gasteiger partial charge is 0.343 e. The van der Waals surface area contributed by atoms with Gasteiger partial charge in [0.2, 0.25) is 0 Å². The SMILES string of the molecule is Cn1c2cc(-c3ccc4c(c3)[Si](C)(C)c3ccccc3-4)ccc2c2c3ccccc3c3ccccc3c21. The lowest BCUT2D eigenvalue weighted by Gasteiger charge is -2.19. The standard InChI is InChI=1S/C35H27NSi/c1-36-31-20-22(23-16-18-27-26-12-8-9-15-32(26)37(2,3)33(27)21-23)17-19-30(31)34-28-13-6-4-10-24(28)25-11-5-7-14-29(25)35(34)36/h4-21H,1-3H3. The van der Waals surface area contributed by atoms with E-state index < -0.39 is 8.07 Å². The molecule has 2 heteroatoms. The normalized spacial score (nSPS) is 14.0. The first-order valence-corrected chi connectivity index (χ1v) is 16.1. The minimum Gasteiger partial charge on any atom is -0.343 e. The highest BCUT2D eigenvalue weighted by Gasteiger charge is 2.37. The number of rotatable bonds is 1. The lowest BCUT2D eigenvalue weighted by atomic mass is 9.96. The van der Waals surface area contributed by atoms with Gasteiger partial charge < -0.3 is 4.57 Å². The van der Waals surface area contributed by atoms with Crippen LogP contribution < -0.4 is 10.4 Å². The Morgan fingerprint density at radius 2 is 1.11 bits per heavy atom. The summed E-state index contributed by atoms with van der Waals surface area (Å²) in [4.78, 5) is 0. The van der Waals surface area contributed by atoms with Crippen molar-refractivity contribution in [2.24, 2.45) is 7.05 Å². The van der Waals surface area contributed by atoms with Crippen molar-refractivity contribution in [3.8, 4) is 22.3 Å². The zero-order valence-corrected chi connectivity index (χ0v) is 22.3. The molecule has 6 aromatic carbocycles. The highest BCUT2D eigenvalue weighted by atomic mass is 28.3. The molecule has 0 N–H and O–H groups in total. The number of hydrogen-bond donors (Lipinski definition) is 0. The van der Waals surface area contributed by atoms with Crippen LogP contribution in [0.25, 0.3) is 65.6 Å². The van der Waals surface area contributed by atoms with Crippen molar-refractivity contribution >= 4 is 61.8 Å². The minimum absolute atomic E-state index is 1.29. The molecule has 1 aliphatic heterocycles. The fraction of sp³-hybridized carbons (Fsp3) is 0.0857. The summed E-state index contributed by atoms with van der Waals surface area (Å²) in [5, 5.41) is 11.1. The number of benzene rings is 6. The van der Waals surface area contributed by atoms with Crippen LogP contribution in [-0.2, 0) is 7.05 Å². The van der Waals surface area contributed by atoms with Gasteiger partial charge in [0.25, 0.3) is 0 Å². The van der Waals surface area contributed by atoms with E-state index in [4.69, 9.17) is 0 Å². The van der Waals surface area contributed by atoms with Gasteiger partial charge in [-0.15, -0.1) is 0 Å². The average molecular weight is 490 g/mol. The maximum absolute atomic E-state index is 2.49. The van der Waals surface area contributed by atoms with Crippen molar-refractivity contribution in [3.63, 3.8) is 0 Å². The third-order valence-corrected chi connectivity index (χ3v) is 12.3. The highest BCUT2D eigenvalue weighted by molar-refractivity contribution is 7.03. The Balaban J connectivity index is 1.40. The van der Waals surface area contributed by atoms with Crippen molar-refractivity contribution in [1.29, 1.82) is 0 Å². The molecule has 37 heavy (non-hydrogen) atoms. The molecule has 0 saturated carbocycles. The minimum atomic E-state index is -1.70. The van der Waals surface area contributed by atoms with Crippen LogP contribution in [0.1, 0.15) is 0 Å². The maximum atomic E-state index is 2.49. The second-order valence-electron chi connectivity index (χ2n) is 11.0. The first-order valence-electron chi connectivity index (χ1n) is 13.1. The molecule has 0 bridgehead atoms. The molecule has 0 unspecified atom stereocenters. The van der Waals surface area contributed by atoms with E-state index in [1.165, 1.54) is 65.6 Å². The topological polar surface area (TPSA) is 4.93 Å². The molecule has 2 heterocycles. The van der Waals surface area contributed by atoms with E-state index in [1.54, 1.807) is 10.4 Å². The molecular weight excluding hydrogens is 462 g/mol. The van der Waals surface area contributed by atoms with Crippen molar-refractivity contribution in [3.05, 3.63) is 109 Å². The molecular formula is C35H27NSi. The summed E-state index contributed by atoms with van der Waals surface area (Å²) in [6.07, 6.45) is 0. The second-order valence-corrected chi connectivity index (χ2v) is 15.4. The zero-order valence-electron chi connectivity index (χ0n) is 21.3. The number of hydrogen-bond acceptors (Lipinski definition) is 0. The first kappa shape index (κ1) is 21.0. The van der Waals surface area contributed by atoms with Crippen LogP contribution in [0.2, 0.25) is 13.1 Å². The van der Waals surface area contributed by atoms with Crippen molar-refractivity contribution < 1.29 is 0 Å². The van der Waals surface area contributed by atoms with Gasteiger partial charge in [0, 0.05) is 28.7 Å². The smallest absolute Gasteiger partial charge is 0.113 e. The summed E-state index contributed by atoms with van der Waals surface area (Å²) in [6, 6.07) is 40.9. The van der Waals surface area contributed by atoms with E-state index in [-0.39, 0.29) is 0 Å². The Hall–Kier alpha value is -4.14. The molecule has 1 aromatic heterocycles. The van der Waals surface area contributed by atoms with Gasteiger partial charge in [-0.05, 0) is 54.9 Å². The summed E-state index contributed by atoms with van der Waals surface area (Å²) in [6.45, 7) is 4.98. The van der Waals surface area contributed by atoms with Crippen LogP contribution in [0.3, 0.4) is 0 Å². The predicted molar refractivity (Wildman–Crippen MR) is 163 cm³/mol. The summed E-state index contributed by atoms with van der Waals surface area (Å²) < 4.78 is 2.41. The summed E-state index contributed by atoms with van der Waals surface area (Å²) in [5.74, 6) is 0. The van der Waals surface area contributed by atoms with Gasteiger partial charge in [0.1, 0.15) is 8.07 Å². The highest BCUT2D eigenvalue weighted by Crippen LogP contribution is 2.41. The third kappa shape index (κ3) is 2.68. The lowest BCUT2D eigenvalue weighted by Crippen LogP contribution is -2.49. The Kier molecular flexibility index (Phi) is 4.09. The monoisotopic (exact) mass is 489 g/mol. The first-order chi connectivity index (χ1) is 18.0. The van der Waals surface area contributed by atoms with Crippen LogP contribution in [0, 0.1) is 0 Å². The van der Waals surface area contributed by atoms with E-state index in [0.29, 0.717) is 0 Å². The lowest BCUT2D eigenvalue weighted by molar-refractivity contribution is 1.02. The van der Waals surface area contributed by atoms with Gasteiger partial charge in [0.05, 0.1) is 5.52 Å². The van der Waals surface area contributed by atoms with Gasteiger partial charge in [0.15, 0.2) is 0 Å². The second kappa shape index (κ2) is 7.21. The molecule has 176 valence electrons. The Morgan fingerprint density at radius 1 is 0.514 bits per heavy atom. The number of aromatic nitrogens is 1. The van der Waals surface area contributed by atoms with Gasteiger partial charge in [-0.3, -0.25) is 0 Å². The molecule has 1 aliphatic rings. The molecule has 1 nitrogen and oxygen atoms in total. The zero-order chi connectivity index (χ0) is 24.9. The fourth-order valence-corrected chi connectivity index (χ4v) is 10.1. The molecule has 8 rings (SSSR count). The predicted octanol–water partition coefficient (Wildman–Crippen LogP) is 8.11. The number of aryl methyl sites for hydroxylation is 1. The molecule has 0 atom stereocenters. The molecule has 0 aliphatic carbocycles. The number of nitrogens with zero attached hydrogens (tertiary/aromatic N) is 1. The summed E-state index contributed by atoms with van der Waals surface area (Å²) in [5.41, 5.74) is 8.07. The van der Waals surface area contributed by atoms with Gasteiger partial charge >= 0.3 is 0 Å². The Bertz CT molecular complexity index is 2080. The molecule has 0 fully saturated rings. The molecule has 0 radical (unpaired) electrons. The third-order valence-electron chi connectivity index (χ3n) is 8.79. The molecule has 0 amide bonds. The van der Waals surface area contributed by atoms with Crippen LogP contribution in [-0.4, -0.2) is 12.6 Å². The Labute approximate surface area is 217 Å². The quantitative estimate of drug-likeness (QED) is 0.162. The van der Waals surface area contributed by atoms with Crippen LogP contribution in [0.15, 0.2) is 109 Å². The maximum Gasteiger partial charge on any atom is 0.113 e. The van der Waals surface area contributed by atoms with Crippen LogP contribution in [0.5, 0.6) is 0 Å². The van der Waals surface area contributed by atoms with Crippen molar-refractivity contribution in [1.82, 2.24) is 4.57 Å². The average Bonchev–Trinajstić information content (AvgIpc) is 3.37. The van der Waals surface area contributed by atoms with Crippen LogP contribution in [0.4, 0.5) is 0 Å². The van der Waals surface area contributed by atoms with Crippen molar-refractivity contribution in [2.75, 3.05) is 0 Å². The van der Waals surface area contributed by atoms with E-state index >= 15 is 0 Å². The Morgan fingerprint density at radius 3 is 1.92 bits per heavy atom. The van der Waals surface area contributed by atoms with Gasteiger partial charge in [-0.1, -0.05) is 116 Å². The fourth-order valence-electron chi connectivity index (χ4n) is 6.95. The van der Waals surface area contributed by atoms with E-state index in [0.717, 1.165) is 0 Å². The summed E-state index contributed by atoms with van der Waals surface area (Å²) >= 11 is 0. The molecule has 0 spiro atoms. The van der Waals surface area contributed by atoms with E-state index in [1.807, 2.05) is 0 Å². The van der Waals surface area contributed by atoms with Gasteiger partial charge in [-0.25, -0.2) is 0 Å². The van der Waals surface area contributed by atoms with E-state index in [9.17, 15) is 0 Å².